The average Bonchev–Trinajstić information content (AvgIpc) is 2.63. The fraction of sp³-hybridized carbons (Fsp3) is 0.955. The first-order valence-corrected chi connectivity index (χ1v) is 11.0. The summed E-state index contributed by atoms with van der Waals surface area (Å²) in [5.41, 5.74) is 0. The van der Waals surface area contributed by atoms with E-state index in [9.17, 15) is 0 Å². The second-order valence-corrected chi connectivity index (χ2v) is 8.93. The zero-order valence-corrected chi connectivity index (χ0v) is 16.3. The summed E-state index contributed by atoms with van der Waals surface area (Å²) in [6.45, 7) is 2.36. The van der Waals surface area contributed by atoms with Gasteiger partial charge in [-0.3, -0.25) is 0 Å². The molecule has 3 nitrogen and oxygen atoms in total. The minimum Gasteiger partial charge on any atom is -0.450 e. The summed E-state index contributed by atoms with van der Waals surface area (Å²) >= 11 is 0. The first-order chi connectivity index (χ1) is 12.1. The quantitative estimate of drug-likeness (QED) is 0.562. The van der Waals surface area contributed by atoms with Gasteiger partial charge in [-0.15, -0.1) is 0 Å². The molecule has 25 heavy (non-hydrogen) atoms. The molecule has 3 fully saturated rings. The monoisotopic (exact) mass is 352 g/mol. The molecule has 0 bridgehead atoms. The van der Waals surface area contributed by atoms with E-state index in [1.54, 1.807) is 64.2 Å². The zero-order chi connectivity index (χ0) is 18.1. The molecule has 0 aromatic rings. The Hall–Kier alpha value is -0.730. The van der Waals surface area contributed by atoms with Gasteiger partial charge < -0.3 is 10.2 Å². The van der Waals surface area contributed by atoms with Gasteiger partial charge in [0.15, 0.2) is 0 Å². The van der Waals surface area contributed by atoms with Gasteiger partial charge in [-0.1, -0.05) is 64.7 Å². The lowest BCUT2D eigenvalue weighted by Crippen LogP contribution is -2.28. The lowest BCUT2D eigenvalue weighted by molar-refractivity contribution is 0.111. The highest BCUT2D eigenvalue weighted by Gasteiger charge is 2.33. The van der Waals surface area contributed by atoms with Crippen LogP contribution in [0.4, 0.5) is 4.79 Å². The van der Waals surface area contributed by atoms with Crippen LogP contribution in [-0.4, -0.2) is 16.4 Å². The molecule has 0 aromatic heterocycles. The molecule has 2 N–H and O–H groups in total. The normalized spacial score (nSPS) is 34.0. The van der Waals surface area contributed by atoms with Crippen LogP contribution in [0.1, 0.15) is 103 Å². The number of carbonyl (C=O) groups is 1. The summed E-state index contributed by atoms with van der Waals surface area (Å²) in [5, 5.41) is 13.9. The van der Waals surface area contributed by atoms with Crippen molar-refractivity contribution in [2.75, 3.05) is 0 Å². The first kappa shape index (κ1) is 20.6. The predicted molar refractivity (Wildman–Crippen MR) is 103 cm³/mol. The maximum absolute atomic E-state index is 8.56. The molecule has 0 heterocycles. The Morgan fingerprint density at radius 1 is 0.680 bits per heavy atom. The maximum atomic E-state index is 8.56. The number of rotatable bonds is 4. The highest BCUT2D eigenvalue weighted by molar-refractivity contribution is 5.53. The van der Waals surface area contributed by atoms with Crippen molar-refractivity contribution in [1.82, 2.24) is 0 Å². The Morgan fingerprint density at radius 2 is 1.04 bits per heavy atom. The Labute approximate surface area is 154 Å². The molecular formula is C22H40O3. The van der Waals surface area contributed by atoms with Gasteiger partial charge >= 0.3 is 6.16 Å². The van der Waals surface area contributed by atoms with Crippen molar-refractivity contribution in [2.45, 2.75) is 103 Å². The zero-order valence-electron chi connectivity index (χ0n) is 16.3. The Balaban J connectivity index is 0.000000511. The average molecular weight is 353 g/mol. The van der Waals surface area contributed by atoms with Gasteiger partial charge in [0.1, 0.15) is 0 Å². The van der Waals surface area contributed by atoms with E-state index in [2.05, 4.69) is 6.92 Å². The molecule has 0 aliphatic heterocycles. The Morgan fingerprint density at radius 3 is 1.44 bits per heavy atom. The van der Waals surface area contributed by atoms with E-state index in [0.717, 1.165) is 29.6 Å². The summed E-state index contributed by atoms with van der Waals surface area (Å²) in [6.07, 6.45) is 21.4. The summed E-state index contributed by atoms with van der Waals surface area (Å²) in [6, 6.07) is 0. The molecule has 0 spiro atoms. The third-order valence-corrected chi connectivity index (χ3v) is 7.39. The molecule has 0 amide bonds. The molecule has 3 aliphatic carbocycles. The second-order valence-electron chi connectivity index (χ2n) is 8.93. The van der Waals surface area contributed by atoms with E-state index in [1.165, 1.54) is 32.1 Å². The summed E-state index contributed by atoms with van der Waals surface area (Å²) < 4.78 is 0. The fourth-order valence-electron chi connectivity index (χ4n) is 6.05. The lowest BCUT2D eigenvalue weighted by Gasteiger charge is -2.40. The summed E-state index contributed by atoms with van der Waals surface area (Å²) in [5.74, 6) is 5.57. The number of hydrogen-bond acceptors (Lipinski definition) is 1. The van der Waals surface area contributed by atoms with Gasteiger partial charge in [0.2, 0.25) is 0 Å². The number of hydrogen-bond donors (Lipinski definition) is 2. The van der Waals surface area contributed by atoms with Crippen molar-refractivity contribution in [3.8, 4) is 0 Å². The Bertz CT molecular complexity index is 355. The summed E-state index contributed by atoms with van der Waals surface area (Å²) in [4.78, 5) is 8.56. The van der Waals surface area contributed by atoms with Crippen LogP contribution in [0.3, 0.4) is 0 Å². The molecular weight excluding hydrogens is 312 g/mol. The third kappa shape index (κ3) is 7.19. The van der Waals surface area contributed by atoms with E-state index in [0.29, 0.717) is 0 Å². The summed E-state index contributed by atoms with van der Waals surface area (Å²) in [7, 11) is 0. The van der Waals surface area contributed by atoms with Gasteiger partial charge in [0.05, 0.1) is 0 Å². The van der Waals surface area contributed by atoms with Gasteiger partial charge in [0.25, 0.3) is 0 Å². The lowest BCUT2D eigenvalue weighted by atomic mass is 9.65. The van der Waals surface area contributed by atoms with Crippen LogP contribution < -0.4 is 0 Å². The highest BCUT2D eigenvalue weighted by atomic mass is 16.6. The Kier molecular flexibility index (Phi) is 9.12. The molecule has 0 atom stereocenters. The molecule has 3 aliphatic rings. The van der Waals surface area contributed by atoms with E-state index in [1.807, 2.05) is 0 Å². The van der Waals surface area contributed by atoms with Crippen LogP contribution in [0, 0.1) is 29.6 Å². The van der Waals surface area contributed by atoms with Crippen molar-refractivity contribution in [2.24, 2.45) is 29.6 Å². The maximum Gasteiger partial charge on any atom is 0.503 e. The molecule has 0 radical (unpaired) electrons. The molecule has 3 saturated carbocycles. The molecule has 0 saturated heterocycles. The molecule has 3 rings (SSSR count). The molecule has 146 valence electrons. The van der Waals surface area contributed by atoms with Gasteiger partial charge in [-0.2, -0.15) is 0 Å². The minimum absolute atomic E-state index is 1.09. The van der Waals surface area contributed by atoms with Crippen molar-refractivity contribution in [3.05, 3.63) is 0 Å². The predicted octanol–water partition coefficient (Wildman–Crippen LogP) is 7.20. The van der Waals surface area contributed by atoms with Gasteiger partial charge in [-0.25, -0.2) is 4.79 Å². The van der Waals surface area contributed by atoms with Crippen molar-refractivity contribution < 1.29 is 15.0 Å². The minimum atomic E-state index is -1.83. The largest absolute Gasteiger partial charge is 0.503 e. The van der Waals surface area contributed by atoms with E-state index in [-0.39, 0.29) is 0 Å². The smallest absolute Gasteiger partial charge is 0.450 e. The van der Waals surface area contributed by atoms with Crippen molar-refractivity contribution in [3.63, 3.8) is 0 Å². The first-order valence-electron chi connectivity index (χ1n) is 11.0. The molecule has 3 heteroatoms. The van der Waals surface area contributed by atoms with E-state index < -0.39 is 6.16 Å². The fourth-order valence-corrected chi connectivity index (χ4v) is 6.05. The van der Waals surface area contributed by atoms with Gasteiger partial charge in [0, 0.05) is 0 Å². The highest BCUT2D eigenvalue weighted by Crippen LogP contribution is 2.45. The van der Waals surface area contributed by atoms with Crippen LogP contribution in [0.25, 0.3) is 0 Å². The van der Waals surface area contributed by atoms with Crippen LogP contribution >= 0.6 is 0 Å². The van der Waals surface area contributed by atoms with Crippen LogP contribution in [0.2, 0.25) is 0 Å². The van der Waals surface area contributed by atoms with Gasteiger partial charge in [-0.05, 0) is 68.1 Å². The topological polar surface area (TPSA) is 57.5 Å². The van der Waals surface area contributed by atoms with E-state index >= 15 is 0 Å². The second kappa shape index (κ2) is 11.1. The third-order valence-electron chi connectivity index (χ3n) is 7.39. The van der Waals surface area contributed by atoms with Crippen LogP contribution in [0.5, 0.6) is 0 Å². The molecule has 0 unspecified atom stereocenters. The number of carboxylic acid groups (broad SMARTS) is 2. The van der Waals surface area contributed by atoms with Crippen molar-refractivity contribution >= 4 is 6.16 Å². The molecule has 0 aromatic carbocycles. The SMILES string of the molecule is CCCC1CCC(C2CCC(C3CCCCC3)CC2)CC1.O=C(O)O. The standard InChI is InChI=1S/C21H38.CH2O3/c1-2-6-17-9-11-19(12-10-17)21-15-13-20(14-16-21)18-7-4-3-5-8-18;2-1(3)4/h17-21H,2-16H2,1H3;(H2,2,3,4). The van der Waals surface area contributed by atoms with Crippen LogP contribution in [-0.2, 0) is 0 Å². The van der Waals surface area contributed by atoms with Crippen LogP contribution in [0.15, 0.2) is 0 Å². The van der Waals surface area contributed by atoms with E-state index in [4.69, 9.17) is 15.0 Å². The van der Waals surface area contributed by atoms with Crippen molar-refractivity contribution in [1.29, 1.82) is 0 Å².